The molecule has 0 fully saturated rings. The first-order valence-corrected chi connectivity index (χ1v) is 10.1. The molecule has 2 atom stereocenters. The summed E-state index contributed by atoms with van der Waals surface area (Å²) in [6.07, 6.45) is -4.34. The van der Waals surface area contributed by atoms with Crippen LogP contribution in [0, 0.1) is 0 Å². The lowest BCUT2D eigenvalue weighted by atomic mass is 10.1. The normalized spacial score (nSPS) is 14.0. The van der Waals surface area contributed by atoms with Crippen molar-refractivity contribution in [2.24, 2.45) is 0 Å². The van der Waals surface area contributed by atoms with Gasteiger partial charge in [-0.15, -0.1) is 11.3 Å². The van der Waals surface area contributed by atoms with Crippen LogP contribution in [-0.4, -0.2) is 36.4 Å². The monoisotopic (exact) mass is 422 g/mol. The number of carbonyl (C=O) groups is 1. The first-order valence-electron chi connectivity index (χ1n) is 9.23. The van der Waals surface area contributed by atoms with Gasteiger partial charge in [0.25, 0.3) is 5.91 Å². The Kier molecular flexibility index (Phi) is 6.24. The highest BCUT2D eigenvalue weighted by Crippen LogP contribution is 2.29. The number of benzene rings is 2. The number of fused-ring (bicyclic) bond motifs is 1. The summed E-state index contributed by atoms with van der Waals surface area (Å²) < 4.78 is 39.1. The van der Waals surface area contributed by atoms with Gasteiger partial charge in [-0.05, 0) is 31.2 Å². The van der Waals surface area contributed by atoms with E-state index in [2.05, 4.69) is 4.98 Å². The zero-order chi connectivity index (χ0) is 21.2. The summed E-state index contributed by atoms with van der Waals surface area (Å²) in [5.74, 6) is -0.0406. The van der Waals surface area contributed by atoms with Crippen molar-refractivity contribution in [1.82, 2.24) is 9.88 Å². The Balaban J connectivity index is 1.59. The number of halogens is 3. The highest BCUT2D eigenvalue weighted by atomic mass is 32.1. The van der Waals surface area contributed by atoms with Gasteiger partial charge in [0, 0.05) is 12.6 Å². The number of likely N-dealkylation sites (N-methyl/N-ethyl adjacent to an activating group) is 2. The molecule has 3 rings (SSSR count). The molecule has 0 radical (unpaired) electrons. The third-order valence-electron chi connectivity index (χ3n) is 4.88. The first-order chi connectivity index (χ1) is 13.6. The van der Waals surface area contributed by atoms with Crippen molar-refractivity contribution in [1.29, 1.82) is 0 Å². The van der Waals surface area contributed by atoms with Crippen LogP contribution in [0.25, 0.3) is 10.2 Å². The van der Waals surface area contributed by atoms with Crippen molar-refractivity contribution in [3.05, 3.63) is 64.7 Å². The minimum Gasteiger partial charge on any atom is -0.332 e. The largest absolute Gasteiger partial charge is 0.416 e. The van der Waals surface area contributed by atoms with E-state index < -0.39 is 11.7 Å². The van der Waals surface area contributed by atoms with Gasteiger partial charge in [0.2, 0.25) is 0 Å². The van der Waals surface area contributed by atoms with Gasteiger partial charge in [0.1, 0.15) is 11.6 Å². The molecule has 2 aromatic carbocycles. The van der Waals surface area contributed by atoms with E-state index in [1.54, 1.807) is 23.3 Å². The lowest BCUT2D eigenvalue weighted by Crippen LogP contribution is -3.08. The molecule has 0 saturated carbocycles. The fourth-order valence-corrected chi connectivity index (χ4v) is 4.12. The van der Waals surface area contributed by atoms with Crippen molar-refractivity contribution < 1.29 is 22.9 Å². The Morgan fingerprint density at radius 3 is 2.45 bits per heavy atom. The Hall–Kier alpha value is -2.45. The van der Waals surface area contributed by atoms with Crippen molar-refractivity contribution in [3.8, 4) is 0 Å². The number of alkyl halides is 3. The molecule has 0 spiro atoms. The summed E-state index contributed by atoms with van der Waals surface area (Å²) in [4.78, 5) is 19.9. The molecule has 0 aliphatic rings. The van der Waals surface area contributed by atoms with Crippen LogP contribution in [-0.2, 0) is 17.5 Å². The van der Waals surface area contributed by atoms with E-state index in [4.69, 9.17) is 0 Å². The summed E-state index contributed by atoms with van der Waals surface area (Å²) in [7, 11) is 3.61. The summed E-state index contributed by atoms with van der Waals surface area (Å²) in [5.41, 5.74) is 1.01. The van der Waals surface area contributed by atoms with E-state index in [1.165, 1.54) is 12.1 Å². The third-order valence-corrected chi connectivity index (χ3v) is 6.09. The number of carbonyl (C=O) groups excluding carboxylic acids is 1. The van der Waals surface area contributed by atoms with Crippen LogP contribution in [0.3, 0.4) is 0 Å². The number of hydrogen-bond donors (Lipinski definition) is 1. The van der Waals surface area contributed by atoms with Gasteiger partial charge < -0.3 is 9.80 Å². The fraction of sp³-hybridized carbons (Fsp3) is 0.333. The van der Waals surface area contributed by atoms with Gasteiger partial charge in [-0.1, -0.05) is 24.3 Å². The second kappa shape index (κ2) is 8.51. The lowest BCUT2D eigenvalue weighted by Gasteiger charge is -2.24. The van der Waals surface area contributed by atoms with E-state index in [0.717, 1.165) is 37.8 Å². The molecule has 0 bridgehead atoms. The van der Waals surface area contributed by atoms with E-state index >= 15 is 0 Å². The lowest BCUT2D eigenvalue weighted by molar-refractivity contribution is -0.885. The molecule has 8 heteroatoms. The average Bonchev–Trinajstić information content (AvgIpc) is 3.10. The highest BCUT2D eigenvalue weighted by molar-refractivity contribution is 7.18. The Morgan fingerprint density at radius 2 is 1.83 bits per heavy atom. The minimum absolute atomic E-state index is 0.0406. The van der Waals surface area contributed by atoms with Crippen molar-refractivity contribution in [2.75, 3.05) is 20.6 Å². The second-order valence-electron chi connectivity index (χ2n) is 7.21. The highest BCUT2D eigenvalue weighted by Gasteiger charge is 2.30. The molecule has 1 amide bonds. The van der Waals surface area contributed by atoms with Crippen LogP contribution < -0.4 is 4.90 Å². The predicted molar refractivity (Wildman–Crippen MR) is 108 cm³/mol. The van der Waals surface area contributed by atoms with Crippen LogP contribution in [0.1, 0.15) is 29.1 Å². The minimum atomic E-state index is -4.34. The van der Waals surface area contributed by atoms with Gasteiger partial charge in [-0.3, -0.25) is 4.79 Å². The van der Waals surface area contributed by atoms with Gasteiger partial charge in [-0.25, -0.2) is 4.98 Å². The SMILES string of the molecule is C[C@@H](c1nc2ccccc2s1)N(C)C(=O)C[NH+](C)Cc1ccc(C(F)(F)F)cc1. The standard InChI is InChI=1S/C21H22F3N3OS/c1-14(20-25-17-6-4-5-7-18(17)29-20)27(3)19(28)13-26(2)12-15-8-10-16(11-9-15)21(22,23)24/h4-11,14H,12-13H2,1-3H3/p+1/t14-/m0/s1. The number of thiazole rings is 1. The van der Waals surface area contributed by atoms with E-state index in [9.17, 15) is 18.0 Å². The quantitative estimate of drug-likeness (QED) is 0.660. The molecule has 0 saturated heterocycles. The summed E-state index contributed by atoms with van der Waals surface area (Å²) in [5, 5.41) is 0.877. The fourth-order valence-electron chi connectivity index (χ4n) is 3.06. The number of nitrogens with one attached hydrogen (secondary N) is 1. The smallest absolute Gasteiger partial charge is 0.332 e. The van der Waals surface area contributed by atoms with Crippen LogP contribution in [0.2, 0.25) is 0 Å². The average molecular weight is 422 g/mol. The van der Waals surface area contributed by atoms with Crippen LogP contribution >= 0.6 is 11.3 Å². The summed E-state index contributed by atoms with van der Waals surface area (Å²) in [6, 6.07) is 12.8. The van der Waals surface area contributed by atoms with E-state index in [1.807, 2.05) is 38.2 Å². The van der Waals surface area contributed by atoms with E-state index in [-0.39, 0.29) is 18.5 Å². The zero-order valence-corrected chi connectivity index (χ0v) is 17.3. The Morgan fingerprint density at radius 1 is 1.17 bits per heavy atom. The zero-order valence-electron chi connectivity index (χ0n) is 16.5. The number of para-hydroxylation sites is 1. The number of rotatable bonds is 6. The molecule has 1 aromatic heterocycles. The van der Waals surface area contributed by atoms with Gasteiger partial charge in [0.15, 0.2) is 6.54 Å². The molecule has 0 aliphatic carbocycles. The van der Waals surface area contributed by atoms with Crippen LogP contribution in [0.4, 0.5) is 13.2 Å². The number of aromatic nitrogens is 1. The van der Waals surface area contributed by atoms with Crippen LogP contribution in [0.15, 0.2) is 48.5 Å². The summed E-state index contributed by atoms with van der Waals surface area (Å²) >= 11 is 1.57. The van der Waals surface area contributed by atoms with Crippen molar-refractivity contribution >= 4 is 27.5 Å². The maximum absolute atomic E-state index is 12.7. The molecule has 29 heavy (non-hydrogen) atoms. The molecule has 3 aromatic rings. The predicted octanol–water partition coefficient (Wildman–Crippen LogP) is 3.55. The molecular formula is C21H23F3N3OS+. The number of hydrogen-bond acceptors (Lipinski definition) is 3. The Bertz CT molecular complexity index is 952. The van der Waals surface area contributed by atoms with Crippen LogP contribution in [0.5, 0.6) is 0 Å². The second-order valence-corrected chi connectivity index (χ2v) is 8.27. The molecule has 1 unspecified atom stereocenters. The number of nitrogens with zero attached hydrogens (tertiary/aromatic N) is 2. The third kappa shape index (κ3) is 5.13. The molecule has 1 heterocycles. The van der Waals surface area contributed by atoms with Gasteiger partial charge in [-0.2, -0.15) is 13.2 Å². The topological polar surface area (TPSA) is 37.6 Å². The molecule has 4 nitrogen and oxygen atoms in total. The molecule has 0 aliphatic heterocycles. The summed E-state index contributed by atoms with van der Waals surface area (Å²) in [6.45, 7) is 2.65. The van der Waals surface area contributed by atoms with Gasteiger partial charge in [0.05, 0.1) is 28.9 Å². The van der Waals surface area contributed by atoms with Crippen molar-refractivity contribution in [3.63, 3.8) is 0 Å². The Labute approximate surface area is 171 Å². The van der Waals surface area contributed by atoms with E-state index in [0.29, 0.717) is 6.54 Å². The maximum Gasteiger partial charge on any atom is 0.416 e. The van der Waals surface area contributed by atoms with Gasteiger partial charge >= 0.3 is 6.18 Å². The number of quaternary nitrogens is 1. The van der Waals surface area contributed by atoms with Crippen molar-refractivity contribution in [2.45, 2.75) is 25.7 Å². The molecular weight excluding hydrogens is 399 g/mol. The maximum atomic E-state index is 12.7. The molecule has 154 valence electrons. The molecule has 1 N–H and O–H groups in total. The number of amides is 1. The first kappa shape index (κ1) is 21.3.